The van der Waals surface area contributed by atoms with Gasteiger partial charge in [-0.25, -0.2) is 27.9 Å². The molecule has 0 bridgehead atoms. The molecule has 0 fully saturated rings. The molecule has 0 aliphatic carbocycles. The molecule has 0 saturated heterocycles. The van der Waals surface area contributed by atoms with Gasteiger partial charge in [0.05, 0.1) is 28.3 Å². The molecule has 0 aliphatic rings. The van der Waals surface area contributed by atoms with E-state index in [4.69, 9.17) is 16.3 Å². The fourth-order valence-electron chi connectivity index (χ4n) is 2.68. The number of nitrogens with zero attached hydrogens (tertiary/aromatic N) is 5. The smallest absolute Gasteiger partial charge is 0.413 e. The Morgan fingerprint density at radius 3 is 2.58 bits per heavy atom. The van der Waals surface area contributed by atoms with Crippen molar-refractivity contribution in [2.75, 3.05) is 16.3 Å². The molecule has 0 aliphatic heterocycles. The van der Waals surface area contributed by atoms with Crippen molar-refractivity contribution in [1.29, 1.82) is 0 Å². The Hall–Kier alpha value is -2.77. The van der Waals surface area contributed by atoms with E-state index in [1.54, 1.807) is 33.0 Å². The van der Waals surface area contributed by atoms with Crippen molar-refractivity contribution >= 4 is 50.6 Å². The number of nitrogens with one attached hydrogen (secondary N) is 2. The van der Waals surface area contributed by atoms with Crippen LogP contribution in [-0.4, -0.2) is 45.7 Å². The number of hydrogen-bond acceptors (Lipinski definition) is 9. The maximum Gasteiger partial charge on any atom is 0.413 e. The van der Waals surface area contributed by atoms with Crippen molar-refractivity contribution in [2.45, 2.75) is 26.9 Å². The van der Waals surface area contributed by atoms with Crippen LogP contribution in [-0.2, 0) is 21.8 Å². The number of carbonyl (C=O) groups excluding carboxylic acids is 1. The van der Waals surface area contributed by atoms with Gasteiger partial charge in [-0.3, -0.25) is 10.0 Å². The third kappa shape index (κ3) is 5.48. The highest BCUT2D eigenvalue weighted by Gasteiger charge is 2.22. The maximum absolute atomic E-state index is 12.5. The zero-order valence-electron chi connectivity index (χ0n) is 17.3. The first-order valence-corrected chi connectivity index (χ1v) is 12.0. The van der Waals surface area contributed by atoms with Crippen LogP contribution in [0.2, 0.25) is 4.34 Å². The number of aryl methyl sites for hydroxylation is 3. The van der Waals surface area contributed by atoms with Crippen LogP contribution >= 0.6 is 22.9 Å². The number of sulfonamides is 1. The van der Waals surface area contributed by atoms with Crippen LogP contribution in [0.3, 0.4) is 0 Å². The quantitative estimate of drug-likeness (QED) is 0.541. The molecular weight excluding hydrogens is 466 g/mol. The molecule has 0 unspecified atom stereocenters. The average Bonchev–Trinajstić information content (AvgIpc) is 3.17. The highest BCUT2D eigenvalue weighted by Crippen LogP contribution is 2.31. The van der Waals surface area contributed by atoms with Crippen LogP contribution in [0.25, 0.3) is 11.4 Å². The lowest BCUT2D eigenvalue weighted by Crippen LogP contribution is -2.18. The summed E-state index contributed by atoms with van der Waals surface area (Å²) in [6.07, 6.45) is -0.352. The lowest BCUT2D eigenvalue weighted by Gasteiger charge is -2.13. The zero-order chi connectivity index (χ0) is 22.9. The molecule has 3 aromatic heterocycles. The number of amides is 1. The number of rotatable bonds is 6. The van der Waals surface area contributed by atoms with Gasteiger partial charge < -0.3 is 4.74 Å². The van der Waals surface area contributed by atoms with Gasteiger partial charge >= 0.3 is 6.09 Å². The standard InChI is InChI=1S/C17H20ClN7O4S2/c1-8-11(23-31(5,27)28)6-7-12(19-8)14-16(25(4)24-22-14)21-17(26)29-9(2)13-15(18)30-10(3)20-13/h6-7,9,23H,1-5H3,(H,21,26)/t9-/m1/s1. The number of anilines is 2. The minimum Gasteiger partial charge on any atom is -0.440 e. The van der Waals surface area contributed by atoms with E-state index < -0.39 is 22.2 Å². The predicted octanol–water partition coefficient (Wildman–Crippen LogP) is 3.29. The maximum atomic E-state index is 12.5. The van der Waals surface area contributed by atoms with Crippen LogP contribution in [0.5, 0.6) is 0 Å². The van der Waals surface area contributed by atoms with Gasteiger partial charge in [-0.05, 0) is 32.9 Å². The van der Waals surface area contributed by atoms with E-state index >= 15 is 0 Å². The van der Waals surface area contributed by atoms with E-state index in [1.165, 1.54) is 16.0 Å². The van der Waals surface area contributed by atoms with E-state index in [9.17, 15) is 13.2 Å². The lowest BCUT2D eigenvalue weighted by molar-refractivity contribution is 0.119. The minimum atomic E-state index is -3.44. The van der Waals surface area contributed by atoms with Crippen LogP contribution < -0.4 is 10.0 Å². The van der Waals surface area contributed by atoms with Crippen molar-refractivity contribution in [3.63, 3.8) is 0 Å². The van der Waals surface area contributed by atoms with Gasteiger partial charge in [0.2, 0.25) is 10.0 Å². The fourth-order valence-corrected chi connectivity index (χ4v) is 4.55. The summed E-state index contributed by atoms with van der Waals surface area (Å²) in [5.41, 5.74) is 1.95. The molecule has 3 rings (SSSR count). The summed E-state index contributed by atoms with van der Waals surface area (Å²) in [7, 11) is -1.84. The fraction of sp³-hybridized carbons (Fsp3) is 0.353. The Morgan fingerprint density at radius 1 is 1.29 bits per heavy atom. The summed E-state index contributed by atoms with van der Waals surface area (Å²) in [4.78, 5) is 21.1. The molecule has 11 nitrogen and oxygen atoms in total. The Balaban J connectivity index is 1.80. The molecule has 0 aromatic carbocycles. The summed E-state index contributed by atoms with van der Waals surface area (Å²) < 4.78 is 32.5. The van der Waals surface area contributed by atoms with E-state index in [1.807, 2.05) is 6.92 Å². The molecule has 2 N–H and O–H groups in total. The highest BCUT2D eigenvalue weighted by atomic mass is 35.5. The number of hydrogen-bond donors (Lipinski definition) is 2. The molecule has 166 valence electrons. The second kappa shape index (κ2) is 8.77. The summed E-state index contributed by atoms with van der Waals surface area (Å²) in [6, 6.07) is 3.13. The van der Waals surface area contributed by atoms with E-state index in [0.29, 0.717) is 32.8 Å². The van der Waals surface area contributed by atoms with E-state index in [2.05, 4.69) is 30.3 Å². The summed E-state index contributed by atoms with van der Waals surface area (Å²) in [5, 5.41) is 11.4. The number of ether oxygens (including phenoxy) is 1. The van der Waals surface area contributed by atoms with Crippen LogP contribution in [0.4, 0.5) is 16.3 Å². The summed E-state index contributed by atoms with van der Waals surface area (Å²) in [6.45, 7) is 5.13. The third-order valence-corrected chi connectivity index (χ3v) is 5.85. The number of halogens is 1. The normalized spacial score (nSPS) is 12.5. The molecule has 14 heteroatoms. The predicted molar refractivity (Wildman–Crippen MR) is 118 cm³/mol. The zero-order valence-corrected chi connectivity index (χ0v) is 19.7. The van der Waals surface area contributed by atoms with Crippen LogP contribution in [0.15, 0.2) is 12.1 Å². The second-order valence-electron chi connectivity index (χ2n) is 6.68. The van der Waals surface area contributed by atoms with Crippen molar-refractivity contribution in [3.05, 3.63) is 32.9 Å². The Labute approximate surface area is 187 Å². The highest BCUT2D eigenvalue weighted by molar-refractivity contribution is 7.92. The number of pyridine rings is 1. The number of aromatic nitrogens is 5. The summed E-state index contributed by atoms with van der Waals surface area (Å²) in [5.74, 6) is 0.258. The molecule has 3 heterocycles. The molecule has 0 spiro atoms. The monoisotopic (exact) mass is 485 g/mol. The van der Waals surface area contributed by atoms with Crippen molar-refractivity contribution < 1.29 is 17.9 Å². The van der Waals surface area contributed by atoms with E-state index in [0.717, 1.165) is 11.3 Å². The van der Waals surface area contributed by atoms with Gasteiger partial charge in [0.15, 0.2) is 11.5 Å². The van der Waals surface area contributed by atoms with Crippen molar-refractivity contribution in [3.8, 4) is 11.4 Å². The first-order valence-electron chi connectivity index (χ1n) is 8.90. The molecular formula is C17H20ClN7O4S2. The number of carbonyl (C=O) groups is 1. The van der Waals surface area contributed by atoms with Gasteiger partial charge in [0, 0.05) is 7.05 Å². The van der Waals surface area contributed by atoms with Crippen molar-refractivity contribution in [2.24, 2.45) is 7.05 Å². The Morgan fingerprint density at radius 2 is 2.00 bits per heavy atom. The van der Waals surface area contributed by atoms with Gasteiger partial charge in [-0.1, -0.05) is 16.8 Å². The van der Waals surface area contributed by atoms with Crippen molar-refractivity contribution in [1.82, 2.24) is 25.0 Å². The first-order chi connectivity index (χ1) is 14.4. The van der Waals surface area contributed by atoms with Gasteiger partial charge in [0.25, 0.3) is 0 Å². The van der Waals surface area contributed by atoms with E-state index in [-0.39, 0.29) is 5.82 Å². The van der Waals surface area contributed by atoms with Gasteiger partial charge in [-0.15, -0.1) is 16.4 Å². The van der Waals surface area contributed by atoms with Crippen LogP contribution in [0, 0.1) is 13.8 Å². The molecule has 1 atom stereocenters. The number of thiazole rings is 1. The third-order valence-electron chi connectivity index (χ3n) is 4.06. The minimum absolute atomic E-state index is 0.258. The Bertz CT molecular complexity index is 1240. The topological polar surface area (TPSA) is 141 Å². The molecule has 0 saturated carbocycles. The average molecular weight is 486 g/mol. The molecule has 0 radical (unpaired) electrons. The van der Waals surface area contributed by atoms with Gasteiger partial charge in [-0.2, -0.15) is 0 Å². The lowest BCUT2D eigenvalue weighted by atomic mass is 10.2. The largest absolute Gasteiger partial charge is 0.440 e. The SMILES string of the molecule is Cc1nc([C@@H](C)OC(=O)Nc2c(-c3ccc(NS(C)(=O)=O)c(C)n3)nnn2C)c(Cl)s1. The summed E-state index contributed by atoms with van der Waals surface area (Å²) >= 11 is 7.44. The molecule has 31 heavy (non-hydrogen) atoms. The molecule has 3 aromatic rings. The first kappa shape index (κ1) is 22.9. The van der Waals surface area contributed by atoms with Crippen LogP contribution in [0.1, 0.15) is 29.4 Å². The molecule has 1 amide bonds. The second-order valence-corrected chi connectivity index (χ2v) is 10.2. The van der Waals surface area contributed by atoms with Gasteiger partial charge in [0.1, 0.15) is 16.1 Å². The Kier molecular flexibility index (Phi) is 6.48.